The molecule has 0 spiro atoms. The molecule has 0 fully saturated rings. The third-order valence-corrected chi connectivity index (χ3v) is 9.95. The Balaban J connectivity index is 1.47. The minimum atomic E-state index is -1.24. The summed E-state index contributed by atoms with van der Waals surface area (Å²) in [7, 11) is 0. The number of aliphatic carboxylic acids is 1. The lowest BCUT2D eigenvalue weighted by molar-refractivity contribution is -0.132. The van der Waals surface area contributed by atoms with Crippen molar-refractivity contribution in [1.82, 2.24) is 0 Å². The number of hydrogen-bond acceptors (Lipinski definition) is 7. The van der Waals surface area contributed by atoms with E-state index in [0.29, 0.717) is 5.56 Å². The summed E-state index contributed by atoms with van der Waals surface area (Å²) >= 11 is 7.24. The van der Waals surface area contributed by atoms with E-state index in [0.717, 1.165) is 28.2 Å². The third-order valence-electron chi connectivity index (χ3n) is 4.87. The minimum Gasteiger partial charge on any atom is -0.477 e. The predicted molar refractivity (Wildman–Crippen MR) is 148 cm³/mol. The van der Waals surface area contributed by atoms with E-state index in [2.05, 4.69) is 42.9 Å². The molecule has 34 heavy (non-hydrogen) atoms. The highest BCUT2D eigenvalue weighted by molar-refractivity contribution is 8.40. The van der Waals surface area contributed by atoms with Crippen molar-refractivity contribution >= 4 is 65.2 Å². The largest absolute Gasteiger partial charge is 0.477 e. The van der Waals surface area contributed by atoms with E-state index >= 15 is 0 Å². The smallest absolute Gasteiger partial charge is 0.346 e. The number of nitriles is 1. The quantitative estimate of drug-likeness (QED) is 0.246. The van der Waals surface area contributed by atoms with Crippen LogP contribution in [0.15, 0.2) is 83.4 Å². The summed E-state index contributed by atoms with van der Waals surface area (Å²) in [4.78, 5) is 11.0. The van der Waals surface area contributed by atoms with Crippen molar-refractivity contribution < 1.29 is 14.3 Å². The number of rotatable bonds is 7. The molecule has 1 N–H and O–H groups in total. The first-order valence-electron chi connectivity index (χ1n) is 10.1. The van der Waals surface area contributed by atoms with Gasteiger partial charge in [0.15, 0.2) is 0 Å². The highest BCUT2D eigenvalue weighted by Crippen LogP contribution is 2.56. The minimum absolute atomic E-state index is 0.303. The average Bonchev–Trinajstić information content (AvgIpc) is 3.50. The molecule has 0 unspecified atom stereocenters. The molecule has 170 valence electrons. The summed E-state index contributed by atoms with van der Waals surface area (Å²) < 4.78 is 10.1. The van der Waals surface area contributed by atoms with Gasteiger partial charge in [0.1, 0.15) is 23.2 Å². The van der Waals surface area contributed by atoms with Gasteiger partial charge >= 0.3 is 5.97 Å². The Morgan fingerprint density at radius 2 is 1.38 bits per heavy atom. The van der Waals surface area contributed by atoms with Crippen molar-refractivity contribution in [3.8, 4) is 28.7 Å². The van der Waals surface area contributed by atoms with Crippen molar-refractivity contribution in [3.63, 3.8) is 0 Å². The molecule has 3 aromatic rings. The average molecular weight is 522 g/mol. The number of furan rings is 1. The maximum atomic E-state index is 11.0. The Morgan fingerprint density at radius 3 is 1.82 bits per heavy atom. The second-order valence-electron chi connectivity index (χ2n) is 7.03. The van der Waals surface area contributed by atoms with Crippen LogP contribution < -0.4 is 0 Å². The lowest BCUT2D eigenvalue weighted by Gasteiger charge is -2.02. The summed E-state index contributed by atoms with van der Waals surface area (Å²) in [6.45, 7) is 0. The molecule has 0 aliphatic carbocycles. The van der Waals surface area contributed by atoms with Crippen LogP contribution in [0.25, 0.3) is 34.8 Å². The number of carboxylic acids is 1. The van der Waals surface area contributed by atoms with Gasteiger partial charge in [-0.2, -0.15) is 5.26 Å². The first kappa shape index (κ1) is 24.4. The van der Waals surface area contributed by atoms with Crippen molar-refractivity contribution in [1.29, 1.82) is 5.26 Å². The van der Waals surface area contributed by atoms with Crippen LogP contribution in [-0.4, -0.2) is 23.6 Å². The molecular formula is C26H19NO3S4. The highest BCUT2D eigenvalue weighted by Gasteiger charge is 2.19. The van der Waals surface area contributed by atoms with Gasteiger partial charge in [0.2, 0.25) is 0 Å². The van der Waals surface area contributed by atoms with Crippen LogP contribution in [0.5, 0.6) is 0 Å². The Hall–Kier alpha value is -2.70. The molecular weight excluding hydrogens is 503 g/mol. The highest BCUT2D eigenvalue weighted by atomic mass is 32.3. The van der Waals surface area contributed by atoms with E-state index in [9.17, 15) is 4.79 Å². The molecule has 0 radical (unpaired) electrons. The van der Waals surface area contributed by atoms with Gasteiger partial charge in [-0.15, -0.1) is 23.5 Å². The monoisotopic (exact) mass is 521 g/mol. The van der Waals surface area contributed by atoms with Crippen molar-refractivity contribution in [2.45, 2.75) is 0 Å². The molecule has 4 rings (SSSR count). The SMILES string of the molecule is CSC1=C(SC)SC(=Cc2ccc(-c3ccc(-c4ccc(/C=C(/C#N)C(=O)O)cc4)o3)cc2)S1. The zero-order valence-electron chi connectivity index (χ0n) is 18.3. The zero-order chi connectivity index (χ0) is 24.1. The Bertz CT molecular complexity index is 1330. The van der Waals surface area contributed by atoms with E-state index in [1.165, 1.54) is 18.8 Å². The fourth-order valence-electron chi connectivity index (χ4n) is 3.18. The molecule has 1 aromatic heterocycles. The van der Waals surface area contributed by atoms with E-state index < -0.39 is 5.97 Å². The van der Waals surface area contributed by atoms with Crippen LogP contribution in [0, 0.1) is 11.3 Å². The maximum absolute atomic E-state index is 11.0. The summed E-state index contributed by atoms with van der Waals surface area (Å²) in [6.07, 6.45) is 7.79. The lowest BCUT2D eigenvalue weighted by Crippen LogP contribution is -1.97. The molecule has 0 amide bonds. The molecule has 0 bridgehead atoms. The van der Waals surface area contributed by atoms with Crippen LogP contribution >= 0.6 is 47.0 Å². The molecule has 0 saturated carbocycles. The van der Waals surface area contributed by atoms with Crippen LogP contribution in [0.3, 0.4) is 0 Å². The molecule has 1 aliphatic rings. The molecule has 2 aromatic carbocycles. The Labute approximate surface area is 215 Å². The van der Waals surface area contributed by atoms with Gasteiger partial charge in [-0.1, -0.05) is 72.1 Å². The zero-order valence-corrected chi connectivity index (χ0v) is 21.5. The topological polar surface area (TPSA) is 74.2 Å². The van der Waals surface area contributed by atoms with Crippen LogP contribution in [0.4, 0.5) is 0 Å². The first-order valence-corrected chi connectivity index (χ1v) is 14.1. The molecule has 8 heteroatoms. The molecule has 4 nitrogen and oxygen atoms in total. The van der Waals surface area contributed by atoms with Crippen molar-refractivity contribution in [2.75, 3.05) is 12.5 Å². The summed E-state index contributed by atoms with van der Waals surface area (Å²) in [5.74, 6) is 0.252. The Morgan fingerprint density at radius 1 is 0.882 bits per heavy atom. The van der Waals surface area contributed by atoms with Crippen LogP contribution in [0.1, 0.15) is 11.1 Å². The number of benzene rings is 2. The predicted octanol–water partition coefficient (Wildman–Crippen LogP) is 8.24. The number of carbonyl (C=O) groups is 1. The maximum Gasteiger partial charge on any atom is 0.346 e. The van der Waals surface area contributed by atoms with E-state index in [1.54, 1.807) is 41.7 Å². The fourth-order valence-corrected chi connectivity index (χ4v) is 8.12. The van der Waals surface area contributed by atoms with Crippen LogP contribution in [-0.2, 0) is 4.79 Å². The summed E-state index contributed by atoms with van der Waals surface area (Å²) in [6, 6.07) is 21.1. The van der Waals surface area contributed by atoms with Crippen molar-refractivity contribution in [2.24, 2.45) is 0 Å². The normalized spacial score (nSPS) is 13.8. The van der Waals surface area contributed by atoms with Gasteiger partial charge in [-0.25, -0.2) is 4.79 Å². The second-order valence-corrected chi connectivity index (χ2v) is 11.5. The fraction of sp³-hybridized carbons (Fsp3) is 0.0769. The number of nitrogens with zero attached hydrogens (tertiary/aromatic N) is 1. The molecule has 2 heterocycles. The van der Waals surface area contributed by atoms with E-state index in [1.807, 2.05) is 47.8 Å². The summed E-state index contributed by atoms with van der Waals surface area (Å²) in [5, 5.41) is 17.9. The number of carboxylic acid groups (broad SMARTS) is 1. The van der Waals surface area contributed by atoms with Gasteiger partial charge in [0, 0.05) is 11.1 Å². The van der Waals surface area contributed by atoms with E-state index in [-0.39, 0.29) is 5.57 Å². The molecule has 0 atom stereocenters. The van der Waals surface area contributed by atoms with Gasteiger partial charge < -0.3 is 9.52 Å². The van der Waals surface area contributed by atoms with Crippen molar-refractivity contribution in [3.05, 3.63) is 90.1 Å². The Kier molecular flexibility index (Phi) is 8.01. The first-order chi connectivity index (χ1) is 16.5. The molecule has 0 saturated heterocycles. The van der Waals surface area contributed by atoms with Crippen LogP contribution in [0.2, 0.25) is 0 Å². The summed E-state index contributed by atoms with van der Waals surface area (Å²) in [5.41, 5.74) is 3.35. The van der Waals surface area contributed by atoms with Gasteiger partial charge in [-0.05, 0) is 47.9 Å². The van der Waals surface area contributed by atoms with Gasteiger partial charge in [0.25, 0.3) is 0 Å². The number of thioether (sulfide) groups is 4. The van der Waals surface area contributed by atoms with Gasteiger partial charge in [0.05, 0.1) is 12.7 Å². The second kappa shape index (κ2) is 11.2. The lowest BCUT2D eigenvalue weighted by atomic mass is 10.1. The third kappa shape index (κ3) is 5.68. The van der Waals surface area contributed by atoms with E-state index in [4.69, 9.17) is 14.8 Å². The van der Waals surface area contributed by atoms with Gasteiger partial charge in [-0.3, -0.25) is 0 Å². The number of hydrogen-bond donors (Lipinski definition) is 1. The standard InChI is InChI=1S/C26H19NO3S4/c1-31-25-26(32-2)34-23(33-25)14-17-5-9-19(10-6-17)22-12-11-21(30-22)18-7-3-16(4-8-18)13-20(15-27)24(28)29/h3-14H,1-2H3,(H,28,29)/b20-13-. The molecule has 1 aliphatic heterocycles.